The van der Waals surface area contributed by atoms with Gasteiger partial charge in [-0.25, -0.2) is 18.1 Å². The third-order valence-corrected chi connectivity index (χ3v) is 7.02. The van der Waals surface area contributed by atoms with Crippen LogP contribution in [0.3, 0.4) is 0 Å². The maximum atomic E-state index is 13.8. The highest BCUT2D eigenvalue weighted by Gasteiger charge is 2.24. The van der Waals surface area contributed by atoms with E-state index in [1.165, 1.54) is 10.1 Å². The average molecular weight is 497 g/mol. The van der Waals surface area contributed by atoms with Crippen molar-refractivity contribution >= 4 is 27.5 Å². The predicted molar refractivity (Wildman–Crippen MR) is 130 cm³/mol. The Morgan fingerprint density at radius 3 is 2.29 bits per heavy atom. The van der Waals surface area contributed by atoms with Crippen molar-refractivity contribution in [1.29, 1.82) is 0 Å². The fourth-order valence-electron chi connectivity index (χ4n) is 4.37. The molecule has 0 saturated carbocycles. The summed E-state index contributed by atoms with van der Waals surface area (Å²) in [6.45, 7) is 2.96. The molecule has 0 spiro atoms. The normalized spacial score (nSPS) is 14.5. The van der Waals surface area contributed by atoms with Crippen LogP contribution in [0.5, 0.6) is 0 Å². The fraction of sp³-hybridized carbons (Fsp3) is 0.240. The zero-order valence-electron chi connectivity index (χ0n) is 18.7. The number of thiophene rings is 1. The molecule has 7 nitrogen and oxygen atoms in total. The van der Waals surface area contributed by atoms with Crippen LogP contribution < -0.4 is 11.2 Å². The van der Waals surface area contributed by atoms with Crippen LogP contribution in [0.1, 0.15) is 5.56 Å². The number of hydrogen-bond donors (Lipinski definition) is 0. The molecule has 5 rings (SSSR count). The van der Waals surface area contributed by atoms with E-state index in [0.29, 0.717) is 37.8 Å². The van der Waals surface area contributed by atoms with Gasteiger partial charge in [0.1, 0.15) is 22.9 Å². The lowest BCUT2D eigenvalue weighted by Gasteiger charge is -2.35. The first kappa shape index (κ1) is 23.1. The summed E-state index contributed by atoms with van der Waals surface area (Å²) in [5, 5.41) is 1.64. The highest BCUT2D eigenvalue weighted by Crippen LogP contribution is 2.18. The maximum absolute atomic E-state index is 13.8. The van der Waals surface area contributed by atoms with Crippen molar-refractivity contribution in [2.75, 3.05) is 26.2 Å². The van der Waals surface area contributed by atoms with Gasteiger partial charge in [-0.2, -0.15) is 0 Å². The molecule has 0 radical (unpaired) electrons. The number of carbonyl (C=O) groups is 1. The third-order valence-electron chi connectivity index (χ3n) is 6.13. The van der Waals surface area contributed by atoms with Crippen molar-refractivity contribution < 1.29 is 13.6 Å². The number of benzene rings is 2. The van der Waals surface area contributed by atoms with Crippen LogP contribution in [0.25, 0.3) is 15.9 Å². The topological polar surface area (TPSA) is 67.5 Å². The smallest absolute Gasteiger partial charge is 0.336 e. The Morgan fingerprint density at radius 1 is 0.914 bits per heavy atom. The van der Waals surface area contributed by atoms with E-state index in [0.717, 1.165) is 34.6 Å². The second-order valence-electron chi connectivity index (χ2n) is 8.41. The van der Waals surface area contributed by atoms with E-state index < -0.39 is 22.9 Å². The molecule has 180 valence electrons. The molecular formula is C25H22F2N4O3S. The van der Waals surface area contributed by atoms with Gasteiger partial charge in [0.2, 0.25) is 5.91 Å². The standard InChI is InChI=1S/C25H22F2N4O3S/c26-18-12-19(27)14-20(13-18)31-24(33)23-21(6-11-35-23)30(25(31)34)16-22(32)29-9-7-28(8-10-29)15-17-4-2-1-3-5-17/h1-6,11-14H,7-10,15-16H2. The van der Waals surface area contributed by atoms with Gasteiger partial charge in [-0.05, 0) is 29.1 Å². The summed E-state index contributed by atoms with van der Waals surface area (Å²) in [5.41, 5.74) is -0.183. The largest absolute Gasteiger partial charge is 0.339 e. The number of carbonyl (C=O) groups excluding carboxylic acids is 1. The van der Waals surface area contributed by atoms with E-state index in [1.54, 1.807) is 16.3 Å². The number of hydrogen-bond acceptors (Lipinski definition) is 5. The summed E-state index contributed by atoms with van der Waals surface area (Å²) >= 11 is 1.11. The molecule has 3 heterocycles. The van der Waals surface area contributed by atoms with Crippen LogP contribution in [0.2, 0.25) is 0 Å². The fourth-order valence-corrected chi connectivity index (χ4v) is 5.19. The van der Waals surface area contributed by atoms with Crippen LogP contribution in [-0.2, 0) is 17.9 Å². The van der Waals surface area contributed by atoms with Gasteiger partial charge in [-0.3, -0.25) is 19.1 Å². The lowest BCUT2D eigenvalue weighted by molar-refractivity contribution is -0.133. The van der Waals surface area contributed by atoms with Crippen molar-refractivity contribution in [3.63, 3.8) is 0 Å². The van der Waals surface area contributed by atoms with E-state index in [9.17, 15) is 23.2 Å². The number of piperazine rings is 1. The minimum Gasteiger partial charge on any atom is -0.339 e. The van der Waals surface area contributed by atoms with E-state index in [4.69, 9.17) is 0 Å². The second-order valence-corrected chi connectivity index (χ2v) is 9.33. The number of halogens is 2. The Labute approximate surface area is 203 Å². The van der Waals surface area contributed by atoms with Gasteiger partial charge in [0.25, 0.3) is 5.56 Å². The van der Waals surface area contributed by atoms with Gasteiger partial charge in [0.15, 0.2) is 0 Å². The molecule has 2 aromatic heterocycles. The van der Waals surface area contributed by atoms with Crippen molar-refractivity contribution in [1.82, 2.24) is 18.9 Å². The number of fused-ring (bicyclic) bond motifs is 1. The Bertz CT molecular complexity index is 1480. The second kappa shape index (κ2) is 9.55. The molecule has 35 heavy (non-hydrogen) atoms. The molecule has 1 saturated heterocycles. The molecular weight excluding hydrogens is 474 g/mol. The molecule has 1 aliphatic heterocycles. The molecule has 0 atom stereocenters. The van der Waals surface area contributed by atoms with Gasteiger partial charge < -0.3 is 4.90 Å². The number of nitrogens with zero attached hydrogens (tertiary/aromatic N) is 4. The Morgan fingerprint density at radius 2 is 1.60 bits per heavy atom. The van der Waals surface area contributed by atoms with E-state index in [1.807, 2.05) is 18.2 Å². The highest BCUT2D eigenvalue weighted by molar-refractivity contribution is 7.17. The summed E-state index contributed by atoms with van der Waals surface area (Å²) in [6.07, 6.45) is 0. The van der Waals surface area contributed by atoms with Gasteiger partial charge >= 0.3 is 5.69 Å². The van der Waals surface area contributed by atoms with Crippen molar-refractivity contribution in [3.05, 3.63) is 98.0 Å². The molecule has 0 bridgehead atoms. The Balaban J connectivity index is 1.40. The van der Waals surface area contributed by atoms with E-state index in [2.05, 4.69) is 17.0 Å². The van der Waals surface area contributed by atoms with E-state index in [-0.39, 0.29) is 22.8 Å². The van der Waals surface area contributed by atoms with Crippen molar-refractivity contribution in [2.24, 2.45) is 0 Å². The van der Waals surface area contributed by atoms with Crippen LogP contribution in [0, 0.1) is 11.6 Å². The van der Waals surface area contributed by atoms with Crippen LogP contribution in [-0.4, -0.2) is 51.0 Å². The number of aromatic nitrogens is 2. The lowest BCUT2D eigenvalue weighted by Crippen LogP contribution is -2.50. The molecule has 1 amide bonds. The molecule has 10 heteroatoms. The first-order valence-electron chi connectivity index (χ1n) is 11.1. The first-order chi connectivity index (χ1) is 16.9. The minimum absolute atomic E-state index is 0.219. The molecule has 1 aliphatic rings. The lowest BCUT2D eigenvalue weighted by atomic mass is 10.2. The molecule has 1 fully saturated rings. The van der Waals surface area contributed by atoms with Gasteiger partial charge in [-0.1, -0.05) is 30.3 Å². The number of amides is 1. The highest BCUT2D eigenvalue weighted by atomic mass is 32.1. The quantitative estimate of drug-likeness (QED) is 0.426. The van der Waals surface area contributed by atoms with Gasteiger partial charge in [0.05, 0.1) is 11.2 Å². The summed E-state index contributed by atoms with van der Waals surface area (Å²) in [7, 11) is 0. The average Bonchev–Trinajstić information content (AvgIpc) is 3.33. The zero-order valence-corrected chi connectivity index (χ0v) is 19.5. The Hall–Kier alpha value is -3.63. The maximum Gasteiger partial charge on any atom is 0.336 e. The molecule has 2 aromatic carbocycles. The molecule has 0 unspecified atom stereocenters. The monoisotopic (exact) mass is 496 g/mol. The van der Waals surface area contributed by atoms with Gasteiger partial charge in [-0.15, -0.1) is 11.3 Å². The number of rotatable bonds is 5. The Kier molecular flexibility index (Phi) is 6.31. The minimum atomic E-state index is -0.909. The molecule has 0 aliphatic carbocycles. The van der Waals surface area contributed by atoms with Crippen LogP contribution in [0.4, 0.5) is 8.78 Å². The molecule has 0 N–H and O–H groups in total. The third kappa shape index (κ3) is 4.67. The summed E-state index contributed by atoms with van der Waals surface area (Å²) in [4.78, 5) is 43.4. The summed E-state index contributed by atoms with van der Waals surface area (Å²) in [6, 6.07) is 14.2. The zero-order chi connectivity index (χ0) is 24.5. The van der Waals surface area contributed by atoms with E-state index >= 15 is 0 Å². The van der Waals surface area contributed by atoms with Crippen LogP contribution >= 0.6 is 11.3 Å². The SMILES string of the molecule is O=C(Cn1c(=O)n(-c2cc(F)cc(F)c2)c(=O)c2sccc21)N1CCN(Cc2ccccc2)CC1. The van der Waals surface area contributed by atoms with Gasteiger partial charge in [0, 0.05) is 38.8 Å². The van der Waals surface area contributed by atoms with Crippen molar-refractivity contribution in [3.8, 4) is 5.69 Å². The van der Waals surface area contributed by atoms with Crippen LogP contribution in [0.15, 0.2) is 69.6 Å². The predicted octanol–water partition coefficient (Wildman–Crippen LogP) is 2.84. The summed E-state index contributed by atoms with van der Waals surface area (Å²) in [5.74, 6) is -2.07. The summed E-state index contributed by atoms with van der Waals surface area (Å²) < 4.78 is 29.8. The first-order valence-corrected chi connectivity index (χ1v) is 12.0. The van der Waals surface area contributed by atoms with Crippen molar-refractivity contribution in [2.45, 2.75) is 13.1 Å². The molecule has 4 aromatic rings.